The van der Waals surface area contributed by atoms with Gasteiger partial charge >= 0.3 is 5.97 Å². The van der Waals surface area contributed by atoms with Gasteiger partial charge in [0.1, 0.15) is 12.7 Å². The predicted molar refractivity (Wildman–Crippen MR) is 58.7 cm³/mol. The van der Waals surface area contributed by atoms with Gasteiger partial charge in [0.05, 0.1) is 12.5 Å². The highest BCUT2D eigenvalue weighted by atomic mass is 16.6. The first-order valence-corrected chi connectivity index (χ1v) is 6.45. The maximum Gasteiger partial charge on any atom is 0.309 e. The fourth-order valence-electron chi connectivity index (χ4n) is 3.66. The maximum absolute atomic E-state index is 11.9. The molecule has 1 aliphatic heterocycles. The van der Waals surface area contributed by atoms with Crippen molar-refractivity contribution in [3.63, 3.8) is 0 Å². The second kappa shape index (κ2) is 3.73. The van der Waals surface area contributed by atoms with Crippen molar-refractivity contribution in [1.29, 1.82) is 0 Å². The van der Waals surface area contributed by atoms with Crippen molar-refractivity contribution in [2.75, 3.05) is 13.2 Å². The van der Waals surface area contributed by atoms with Crippen LogP contribution in [-0.2, 0) is 14.3 Å². The van der Waals surface area contributed by atoms with Crippen molar-refractivity contribution in [2.45, 2.75) is 32.8 Å². The molecule has 2 aliphatic carbocycles. The van der Waals surface area contributed by atoms with E-state index in [2.05, 4.69) is 13.8 Å². The van der Waals surface area contributed by atoms with Crippen LogP contribution >= 0.6 is 0 Å². The summed E-state index contributed by atoms with van der Waals surface area (Å²) >= 11 is 0. The third-order valence-corrected chi connectivity index (χ3v) is 5.01. The molecule has 2 bridgehead atoms. The van der Waals surface area contributed by atoms with E-state index < -0.39 is 0 Å². The minimum Gasteiger partial charge on any atom is -0.463 e. The molecule has 2 saturated carbocycles. The highest BCUT2D eigenvalue weighted by molar-refractivity contribution is 5.73. The van der Waals surface area contributed by atoms with Crippen molar-refractivity contribution >= 4 is 5.97 Å². The molecular weight excluding hydrogens is 204 g/mol. The van der Waals surface area contributed by atoms with Crippen LogP contribution in [0.15, 0.2) is 0 Å². The zero-order chi connectivity index (χ0) is 11.3. The first kappa shape index (κ1) is 10.6. The molecule has 6 atom stereocenters. The van der Waals surface area contributed by atoms with E-state index in [4.69, 9.17) is 9.47 Å². The fourth-order valence-corrected chi connectivity index (χ4v) is 3.66. The number of carbonyl (C=O) groups is 1. The number of esters is 1. The molecule has 0 N–H and O–H groups in total. The number of fused-ring (bicyclic) bond motifs is 2. The lowest BCUT2D eigenvalue weighted by Crippen LogP contribution is -2.31. The van der Waals surface area contributed by atoms with Gasteiger partial charge < -0.3 is 9.47 Å². The number of epoxide rings is 1. The van der Waals surface area contributed by atoms with Gasteiger partial charge in [-0.1, -0.05) is 13.8 Å². The highest BCUT2D eigenvalue weighted by Crippen LogP contribution is 2.55. The molecule has 3 nitrogen and oxygen atoms in total. The van der Waals surface area contributed by atoms with E-state index >= 15 is 0 Å². The predicted octanol–water partition coefficient (Wildman–Crippen LogP) is 1.86. The van der Waals surface area contributed by atoms with Gasteiger partial charge in [-0.15, -0.1) is 0 Å². The van der Waals surface area contributed by atoms with Gasteiger partial charge in [0.15, 0.2) is 0 Å². The molecule has 6 unspecified atom stereocenters. The maximum atomic E-state index is 11.9. The molecule has 3 fully saturated rings. The minimum atomic E-state index is 0.0294. The standard InChI is InChI=1S/C13H20O3/c1-7-8(2)11-3-9(7)4-12(11)13(14)16-6-10-5-15-10/h7-12H,3-6H2,1-2H3. The van der Waals surface area contributed by atoms with Crippen molar-refractivity contribution in [3.05, 3.63) is 0 Å². The van der Waals surface area contributed by atoms with E-state index in [-0.39, 0.29) is 18.0 Å². The molecule has 0 spiro atoms. The molecule has 0 aromatic heterocycles. The molecule has 90 valence electrons. The molecule has 3 heteroatoms. The Balaban J connectivity index is 1.57. The summed E-state index contributed by atoms with van der Waals surface area (Å²) in [6.45, 7) is 5.85. The van der Waals surface area contributed by atoms with Gasteiger partial charge in [0.2, 0.25) is 0 Å². The fraction of sp³-hybridized carbons (Fsp3) is 0.923. The SMILES string of the molecule is CC1C2CC(C(=O)OCC3CO3)C(C2)C1C. The Kier molecular flexibility index (Phi) is 2.46. The van der Waals surface area contributed by atoms with E-state index in [0.717, 1.165) is 24.9 Å². The second-order valence-electron chi connectivity index (χ2n) is 5.81. The number of hydrogen-bond acceptors (Lipinski definition) is 3. The topological polar surface area (TPSA) is 38.8 Å². The lowest BCUT2D eigenvalue weighted by molar-refractivity contribution is -0.152. The zero-order valence-corrected chi connectivity index (χ0v) is 10.0. The normalized spacial score (nSPS) is 49.4. The average molecular weight is 224 g/mol. The summed E-state index contributed by atoms with van der Waals surface area (Å²) in [7, 11) is 0. The quantitative estimate of drug-likeness (QED) is 0.542. The Morgan fingerprint density at radius 1 is 1.31 bits per heavy atom. The molecule has 3 rings (SSSR count). The Hall–Kier alpha value is -0.570. The number of ether oxygens (including phenoxy) is 2. The van der Waals surface area contributed by atoms with Crippen LogP contribution in [0.4, 0.5) is 0 Å². The summed E-state index contributed by atoms with van der Waals surface area (Å²) in [5.74, 6) is 3.02. The van der Waals surface area contributed by atoms with Crippen LogP contribution in [0.3, 0.4) is 0 Å². The van der Waals surface area contributed by atoms with Crippen LogP contribution in [0.1, 0.15) is 26.7 Å². The van der Waals surface area contributed by atoms with E-state index in [1.165, 1.54) is 6.42 Å². The zero-order valence-electron chi connectivity index (χ0n) is 10.0. The summed E-state index contributed by atoms with van der Waals surface area (Å²) in [6.07, 6.45) is 2.49. The van der Waals surface area contributed by atoms with E-state index in [9.17, 15) is 4.79 Å². The number of hydrogen-bond donors (Lipinski definition) is 0. The largest absolute Gasteiger partial charge is 0.463 e. The van der Waals surface area contributed by atoms with E-state index in [0.29, 0.717) is 18.4 Å². The lowest BCUT2D eigenvalue weighted by atomic mass is 9.76. The van der Waals surface area contributed by atoms with Gasteiger partial charge in [0, 0.05) is 0 Å². The Bertz CT molecular complexity index is 296. The highest BCUT2D eigenvalue weighted by Gasteiger charge is 2.51. The first-order chi connectivity index (χ1) is 7.66. The molecular formula is C13H20O3. The Labute approximate surface area is 96.5 Å². The van der Waals surface area contributed by atoms with Gasteiger partial charge in [-0.3, -0.25) is 4.79 Å². The second-order valence-corrected chi connectivity index (χ2v) is 5.81. The van der Waals surface area contributed by atoms with Crippen LogP contribution in [0.25, 0.3) is 0 Å². The van der Waals surface area contributed by atoms with Gasteiger partial charge in [-0.05, 0) is 36.5 Å². The van der Waals surface area contributed by atoms with Crippen LogP contribution in [0, 0.1) is 29.6 Å². The number of carbonyl (C=O) groups excluding carboxylic acids is 1. The van der Waals surface area contributed by atoms with Gasteiger partial charge in [-0.25, -0.2) is 0 Å². The van der Waals surface area contributed by atoms with Crippen molar-refractivity contribution in [2.24, 2.45) is 29.6 Å². The summed E-state index contributed by atoms with van der Waals surface area (Å²) in [6, 6.07) is 0. The molecule has 3 aliphatic rings. The summed E-state index contributed by atoms with van der Waals surface area (Å²) in [5, 5.41) is 0. The van der Waals surface area contributed by atoms with E-state index in [1.54, 1.807) is 0 Å². The first-order valence-electron chi connectivity index (χ1n) is 6.45. The molecule has 1 heterocycles. The van der Waals surface area contributed by atoms with Crippen molar-refractivity contribution in [1.82, 2.24) is 0 Å². The number of rotatable bonds is 3. The van der Waals surface area contributed by atoms with Crippen molar-refractivity contribution in [3.8, 4) is 0 Å². The van der Waals surface area contributed by atoms with Gasteiger partial charge in [-0.2, -0.15) is 0 Å². The van der Waals surface area contributed by atoms with Gasteiger partial charge in [0.25, 0.3) is 0 Å². The minimum absolute atomic E-state index is 0.0294. The van der Waals surface area contributed by atoms with Crippen molar-refractivity contribution < 1.29 is 14.3 Å². The summed E-state index contributed by atoms with van der Waals surface area (Å²) in [5.41, 5.74) is 0. The van der Waals surface area contributed by atoms with Crippen LogP contribution in [0.2, 0.25) is 0 Å². The average Bonchev–Trinajstić information content (AvgIpc) is 2.94. The Morgan fingerprint density at radius 2 is 2.06 bits per heavy atom. The third-order valence-electron chi connectivity index (χ3n) is 5.01. The molecule has 0 aromatic rings. The monoisotopic (exact) mass is 224 g/mol. The molecule has 0 aromatic carbocycles. The molecule has 0 radical (unpaired) electrons. The van der Waals surface area contributed by atoms with Crippen LogP contribution < -0.4 is 0 Å². The Morgan fingerprint density at radius 3 is 2.62 bits per heavy atom. The lowest BCUT2D eigenvalue weighted by Gasteiger charge is -2.30. The summed E-state index contributed by atoms with van der Waals surface area (Å²) < 4.78 is 10.4. The van der Waals surface area contributed by atoms with E-state index in [1.807, 2.05) is 0 Å². The smallest absolute Gasteiger partial charge is 0.309 e. The third kappa shape index (κ3) is 1.65. The molecule has 1 saturated heterocycles. The summed E-state index contributed by atoms with van der Waals surface area (Å²) in [4.78, 5) is 11.9. The molecule has 16 heavy (non-hydrogen) atoms. The van der Waals surface area contributed by atoms with Crippen LogP contribution in [-0.4, -0.2) is 25.3 Å². The molecule has 0 amide bonds. The van der Waals surface area contributed by atoms with Crippen LogP contribution in [0.5, 0.6) is 0 Å².